The molecule has 0 spiro atoms. The maximum Gasteiger partial charge on any atom is 0.405 e. The third kappa shape index (κ3) is 5.82. The summed E-state index contributed by atoms with van der Waals surface area (Å²) in [6, 6.07) is 0.370. The third-order valence-electron chi connectivity index (χ3n) is 3.97. The number of nitrogens with zero attached hydrogens (tertiary/aromatic N) is 2. The normalized spacial score (nSPS) is 17.4. The predicted octanol–water partition coefficient (Wildman–Crippen LogP) is 0.518. The van der Waals surface area contributed by atoms with E-state index in [1.165, 1.54) is 19.0 Å². The summed E-state index contributed by atoms with van der Waals surface area (Å²) < 4.78 is 69.6. The van der Waals surface area contributed by atoms with Crippen molar-refractivity contribution in [1.82, 2.24) is 19.8 Å². The number of carbonyl (C=O) groups excluding carboxylic acids is 1. The fraction of sp³-hybridized carbons (Fsp3) is 0.643. The van der Waals surface area contributed by atoms with Crippen LogP contribution >= 0.6 is 12.4 Å². The maximum atomic E-state index is 13.3. The van der Waals surface area contributed by atoms with Gasteiger partial charge < -0.3 is 15.1 Å². The largest absolute Gasteiger partial charge is 0.438 e. The summed E-state index contributed by atoms with van der Waals surface area (Å²) in [4.78, 5) is 13.3. The van der Waals surface area contributed by atoms with E-state index in [9.17, 15) is 26.4 Å². The zero-order chi connectivity index (χ0) is 19.5. The topological polar surface area (TPSA) is 94.9 Å². The highest BCUT2D eigenvalue weighted by atomic mass is 35.5. The van der Waals surface area contributed by atoms with Crippen molar-refractivity contribution in [3.8, 4) is 0 Å². The minimum absolute atomic E-state index is 0. The van der Waals surface area contributed by atoms with Crippen LogP contribution in [0.5, 0.6) is 0 Å². The molecule has 0 aromatic carbocycles. The lowest BCUT2D eigenvalue weighted by molar-refractivity contribution is -0.183. The Morgan fingerprint density at radius 3 is 2.44 bits per heavy atom. The van der Waals surface area contributed by atoms with Gasteiger partial charge in [-0.3, -0.25) is 9.69 Å². The number of piperazine rings is 1. The number of nitrogens with one attached hydrogen (secondary N) is 2. The van der Waals surface area contributed by atoms with Gasteiger partial charge in [-0.05, 0) is 12.1 Å². The van der Waals surface area contributed by atoms with Crippen LogP contribution in [0.25, 0.3) is 0 Å². The van der Waals surface area contributed by atoms with Gasteiger partial charge in [0.1, 0.15) is 6.04 Å². The van der Waals surface area contributed by atoms with Gasteiger partial charge in [-0.25, -0.2) is 12.7 Å². The van der Waals surface area contributed by atoms with Gasteiger partial charge in [-0.15, -0.1) is 12.4 Å². The van der Waals surface area contributed by atoms with Crippen LogP contribution < -0.4 is 10.6 Å². The smallest absolute Gasteiger partial charge is 0.405 e. The van der Waals surface area contributed by atoms with Gasteiger partial charge in [0.2, 0.25) is 5.09 Å². The molecular formula is C14H22ClF3N4O4S. The second-order valence-corrected chi connectivity index (χ2v) is 8.04. The molecule has 1 amide bonds. The minimum Gasteiger partial charge on any atom is -0.438 e. The molecule has 1 saturated heterocycles. The van der Waals surface area contributed by atoms with Crippen LogP contribution in [-0.2, 0) is 10.0 Å². The first-order chi connectivity index (χ1) is 12.0. The monoisotopic (exact) mass is 434 g/mol. The Bertz CT molecular complexity index is 733. The molecule has 8 nitrogen and oxygen atoms in total. The lowest BCUT2D eigenvalue weighted by Gasteiger charge is -2.35. The highest BCUT2D eigenvalue weighted by molar-refractivity contribution is 7.88. The van der Waals surface area contributed by atoms with Crippen molar-refractivity contribution in [1.29, 1.82) is 0 Å². The fourth-order valence-electron chi connectivity index (χ4n) is 2.48. The molecule has 1 aliphatic heterocycles. The molecule has 2 N–H and O–H groups in total. The van der Waals surface area contributed by atoms with Crippen LogP contribution in [-0.4, -0.2) is 82.6 Å². The van der Waals surface area contributed by atoms with E-state index >= 15 is 0 Å². The molecule has 1 atom stereocenters. The highest BCUT2D eigenvalue weighted by Gasteiger charge is 2.44. The van der Waals surface area contributed by atoms with Gasteiger partial charge in [-0.2, -0.15) is 13.2 Å². The first-order valence-electron chi connectivity index (χ1n) is 7.85. The molecule has 1 aliphatic rings. The van der Waals surface area contributed by atoms with Crippen molar-refractivity contribution >= 4 is 28.3 Å². The van der Waals surface area contributed by atoms with Crippen molar-refractivity contribution in [2.45, 2.75) is 17.3 Å². The molecule has 1 aromatic rings. The summed E-state index contributed by atoms with van der Waals surface area (Å²) in [5.74, 6) is -1.28. The van der Waals surface area contributed by atoms with Crippen molar-refractivity contribution in [2.24, 2.45) is 0 Å². The van der Waals surface area contributed by atoms with Gasteiger partial charge in [-0.1, -0.05) is 0 Å². The van der Waals surface area contributed by atoms with Crippen LogP contribution in [0.4, 0.5) is 13.2 Å². The molecule has 27 heavy (non-hydrogen) atoms. The summed E-state index contributed by atoms with van der Waals surface area (Å²) in [6.45, 7) is 0.645. The second kappa shape index (κ2) is 9.24. The number of amides is 1. The third-order valence-corrected chi connectivity index (χ3v) is 5.66. The van der Waals surface area contributed by atoms with Gasteiger partial charge in [0.15, 0.2) is 5.76 Å². The highest BCUT2D eigenvalue weighted by Crippen LogP contribution is 2.25. The first kappa shape index (κ1) is 23.7. The van der Waals surface area contributed by atoms with E-state index < -0.39 is 39.8 Å². The number of alkyl halides is 3. The first-order valence-corrected chi connectivity index (χ1v) is 9.29. The fourth-order valence-corrected chi connectivity index (χ4v) is 3.28. The van der Waals surface area contributed by atoms with E-state index in [0.717, 1.165) is 16.4 Å². The van der Waals surface area contributed by atoms with Crippen molar-refractivity contribution in [3.05, 3.63) is 17.9 Å². The summed E-state index contributed by atoms with van der Waals surface area (Å²) in [5, 5.41) is 4.68. The van der Waals surface area contributed by atoms with Crippen molar-refractivity contribution in [2.75, 3.05) is 46.8 Å². The summed E-state index contributed by atoms with van der Waals surface area (Å²) in [6.07, 6.45) is -4.51. The SMILES string of the molecule is CN(C)S(=O)(=O)c1ccc(C(=O)NCC(N2CCNCC2)C(F)(F)F)o1.Cl. The summed E-state index contributed by atoms with van der Waals surface area (Å²) in [7, 11) is -1.29. The quantitative estimate of drug-likeness (QED) is 0.677. The predicted molar refractivity (Wildman–Crippen MR) is 93.4 cm³/mol. The molecule has 2 rings (SSSR count). The Morgan fingerprint density at radius 2 is 1.93 bits per heavy atom. The Labute approximate surface area is 161 Å². The van der Waals surface area contributed by atoms with Crippen LogP contribution in [0, 0.1) is 0 Å². The molecule has 0 bridgehead atoms. The zero-order valence-electron chi connectivity index (χ0n) is 14.7. The number of hydrogen-bond acceptors (Lipinski definition) is 6. The second-order valence-electron chi connectivity index (χ2n) is 5.96. The number of halogens is 4. The van der Waals surface area contributed by atoms with Gasteiger partial charge in [0.05, 0.1) is 0 Å². The van der Waals surface area contributed by atoms with E-state index in [1.54, 1.807) is 0 Å². The van der Waals surface area contributed by atoms with E-state index in [0.29, 0.717) is 13.1 Å². The van der Waals surface area contributed by atoms with Crippen LogP contribution in [0.2, 0.25) is 0 Å². The molecule has 1 fully saturated rings. The molecule has 2 heterocycles. The Morgan fingerprint density at radius 1 is 1.33 bits per heavy atom. The molecule has 156 valence electrons. The molecule has 1 aromatic heterocycles. The molecule has 0 saturated carbocycles. The average molecular weight is 435 g/mol. The standard InChI is InChI=1S/C14H21F3N4O4S.ClH/c1-20(2)26(23,24)12-4-3-10(25-12)13(22)19-9-11(14(15,16)17)21-7-5-18-6-8-21;/h3-4,11,18H,5-9H2,1-2H3,(H,19,22);1H. The lowest BCUT2D eigenvalue weighted by Crippen LogP contribution is -2.57. The van der Waals surface area contributed by atoms with Gasteiger partial charge in [0, 0.05) is 46.8 Å². The van der Waals surface area contributed by atoms with Crippen molar-refractivity contribution in [3.63, 3.8) is 0 Å². The van der Waals surface area contributed by atoms with Gasteiger partial charge in [0.25, 0.3) is 15.9 Å². The Balaban J connectivity index is 0.00000364. The van der Waals surface area contributed by atoms with E-state index in [-0.39, 0.29) is 31.3 Å². The van der Waals surface area contributed by atoms with Crippen LogP contribution in [0.1, 0.15) is 10.6 Å². The minimum atomic E-state index is -4.51. The Hall–Kier alpha value is -1.34. The Kier molecular flexibility index (Phi) is 8.11. The molecule has 0 aliphatic carbocycles. The molecule has 1 unspecified atom stereocenters. The number of carbonyl (C=O) groups is 1. The summed E-state index contributed by atoms with van der Waals surface area (Å²) in [5.41, 5.74) is 0. The number of rotatable bonds is 6. The number of hydrogen-bond donors (Lipinski definition) is 2. The number of furan rings is 1. The molecule has 13 heteroatoms. The zero-order valence-corrected chi connectivity index (χ0v) is 16.4. The van der Waals surface area contributed by atoms with Crippen LogP contribution in [0.3, 0.4) is 0 Å². The molecule has 0 radical (unpaired) electrons. The lowest BCUT2D eigenvalue weighted by atomic mass is 10.2. The van der Waals surface area contributed by atoms with E-state index in [4.69, 9.17) is 4.42 Å². The summed E-state index contributed by atoms with van der Waals surface area (Å²) >= 11 is 0. The maximum absolute atomic E-state index is 13.3. The number of sulfonamides is 1. The average Bonchev–Trinajstić information content (AvgIpc) is 3.05. The van der Waals surface area contributed by atoms with Crippen molar-refractivity contribution < 1.29 is 30.8 Å². The van der Waals surface area contributed by atoms with E-state index in [1.807, 2.05) is 0 Å². The molecular weight excluding hydrogens is 413 g/mol. The van der Waals surface area contributed by atoms with Crippen LogP contribution in [0.15, 0.2) is 21.6 Å². The van der Waals surface area contributed by atoms with E-state index in [2.05, 4.69) is 10.6 Å². The van der Waals surface area contributed by atoms with Gasteiger partial charge >= 0.3 is 6.18 Å².